The molecule has 0 saturated carbocycles. The van der Waals surface area contributed by atoms with E-state index in [0.29, 0.717) is 0 Å². The van der Waals surface area contributed by atoms with E-state index in [2.05, 4.69) is 0 Å². The van der Waals surface area contributed by atoms with Crippen LogP contribution in [0.5, 0.6) is 0 Å². The van der Waals surface area contributed by atoms with Gasteiger partial charge in [-0.2, -0.15) is 0 Å². The van der Waals surface area contributed by atoms with Crippen LogP contribution in [0.4, 0.5) is 0 Å². The van der Waals surface area contributed by atoms with Crippen LogP contribution in [0.3, 0.4) is 0 Å². The lowest BCUT2D eigenvalue weighted by molar-refractivity contribution is 0.101. The molecule has 1 aromatic carbocycles. The summed E-state index contributed by atoms with van der Waals surface area (Å²) in [6.45, 7) is 7.56. The highest BCUT2D eigenvalue weighted by Crippen LogP contribution is 2.03. The number of benzene rings is 1. The third-order valence-corrected chi connectivity index (χ3v) is 1.42. The summed E-state index contributed by atoms with van der Waals surface area (Å²) in [4.78, 5) is 10.8. The van der Waals surface area contributed by atoms with Crippen LogP contribution >= 0.6 is 0 Å². The molecule has 0 aliphatic carbocycles. The van der Waals surface area contributed by atoms with Crippen LogP contribution in [0.2, 0.25) is 0 Å². The maximum Gasteiger partial charge on any atom is 0.159 e. The van der Waals surface area contributed by atoms with E-state index in [4.69, 9.17) is 0 Å². The number of carbonyl (C=O) groups is 1. The molecule has 0 saturated heterocycles. The fourth-order valence-corrected chi connectivity index (χ4v) is 0.864. The Morgan fingerprint density at radius 2 is 1.77 bits per heavy atom. The van der Waals surface area contributed by atoms with Crippen LogP contribution in [0.1, 0.15) is 36.7 Å². The summed E-state index contributed by atoms with van der Waals surface area (Å²) < 4.78 is 0. The number of aryl methyl sites for hydroxylation is 1. The smallest absolute Gasteiger partial charge is 0.159 e. The fraction of sp³-hybridized carbons (Fsp3) is 0.364. The molecule has 13 heavy (non-hydrogen) atoms. The highest BCUT2D eigenvalue weighted by molar-refractivity contribution is 5.94. The molecule has 0 radical (unpaired) electrons. The van der Waals surface area contributed by atoms with Gasteiger partial charge in [0.25, 0.3) is 0 Å². The summed E-state index contributed by atoms with van der Waals surface area (Å²) in [7, 11) is 0. The predicted molar refractivity (Wildman–Crippen MR) is 57.6 cm³/mol. The summed E-state index contributed by atoms with van der Waals surface area (Å²) in [5, 5.41) is 0. The van der Waals surface area contributed by atoms with E-state index in [1.165, 1.54) is 0 Å². The van der Waals surface area contributed by atoms with Crippen LogP contribution in [0, 0.1) is 6.92 Å². The molecule has 0 unspecified atom stereocenters. The molecule has 0 heterocycles. The lowest BCUT2D eigenvalue weighted by atomic mass is 10.1. The van der Waals surface area contributed by atoms with E-state index >= 15 is 0 Å². The maximum absolute atomic E-state index is 10.8. The van der Waals surface area contributed by atoms with Crippen molar-refractivity contribution in [2.45, 2.75) is 27.7 Å². The van der Waals surface area contributed by atoms with Crippen molar-refractivity contribution >= 4 is 5.78 Å². The molecule has 74 valence electrons. The molecule has 0 bridgehead atoms. The third-order valence-electron chi connectivity index (χ3n) is 1.42. The zero-order valence-electron chi connectivity index (χ0n) is 8.92. The molecular formula is C11H19NO. The summed E-state index contributed by atoms with van der Waals surface area (Å²) in [6.07, 6.45) is 0. The number of ketones is 1. The molecular weight excluding hydrogens is 162 g/mol. The monoisotopic (exact) mass is 181 g/mol. The number of hydrogen-bond acceptors (Lipinski definition) is 2. The standard InChI is InChI=1S/C9H10O.C2H6.H3N/c1-7-4-3-5-9(6-7)8(2)10;1-2;/h3-6H,1-2H3;1-2H3;1H3. The zero-order valence-corrected chi connectivity index (χ0v) is 8.92. The lowest BCUT2D eigenvalue weighted by Crippen LogP contribution is -1.90. The molecule has 0 atom stereocenters. The zero-order chi connectivity index (χ0) is 9.56. The van der Waals surface area contributed by atoms with Gasteiger partial charge in [0.15, 0.2) is 5.78 Å². The van der Waals surface area contributed by atoms with Gasteiger partial charge in [-0.1, -0.05) is 37.6 Å². The van der Waals surface area contributed by atoms with Crippen molar-refractivity contribution in [3.63, 3.8) is 0 Å². The van der Waals surface area contributed by atoms with Crippen molar-refractivity contribution in [1.82, 2.24) is 6.15 Å². The molecule has 2 nitrogen and oxygen atoms in total. The minimum atomic E-state index is 0. The van der Waals surface area contributed by atoms with Crippen molar-refractivity contribution in [2.75, 3.05) is 0 Å². The van der Waals surface area contributed by atoms with E-state index in [1.54, 1.807) is 6.92 Å². The van der Waals surface area contributed by atoms with Gasteiger partial charge in [0.05, 0.1) is 0 Å². The molecule has 0 aliphatic heterocycles. The number of rotatable bonds is 1. The number of hydrogen-bond donors (Lipinski definition) is 1. The Bertz CT molecular complexity index is 256. The van der Waals surface area contributed by atoms with Crippen molar-refractivity contribution < 1.29 is 4.79 Å². The first-order chi connectivity index (χ1) is 5.70. The second-order valence-corrected chi connectivity index (χ2v) is 2.43. The molecule has 3 N–H and O–H groups in total. The Morgan fingerprint density at radius 3 is 2.08 bits per heavy atom. The normalized spacial score (nSPS) is 7.69. The van der Waals surface area contributed by atoms with Crippen molar-refractivity contribution in [3.05, 3.63) is 35.4 Å². The van der Waals surface area contributed by atoms with E-state index in [0.717, 1.165) is 11.1 Å². The Hall–Kier alpha value is -1.15. The highest BCUT2D eigenvalue weighted by atomic mass is 16.1. The number of carbonyl (C=O) groups excluding carboxylic acids is 1. The summed E-state index contributed by atoms with van der Waals surface area (Å²) in [5.74, 6) is 0.128. The average molecular weight is 181 g/mol. The van der Waals surface area contributed by atoms with Gasteiger partial charge in [0, 0.05) is 5.56 Å². The summed E-state index contributed by atoms with van der Waals surface area (Å²) in [5.41, 5.74) is 1.92. The van der Waals surface area contributed by atoms with Crippen LogP contribution in [0.25, 0.3) is 0 Å². The first-order valence-corrected chi connectivity index (χ1v) is 4.28. The Kier molecular flexibility index (Phi) is 8.29. The van der Waals surface area contributed by atoms with Gasteiger partial charge < -0.3 is 6.15 Å². The minimum absolute atomic E-state index is 0. The first kappa shape index (κ1) is 14.4. The lowest BCUT2D eigenvalue weighted by Gasteiger charge is -1.94. The van der Waals surface area contributed by atoms with Crippen molar-refractivity contribution in [2.24, 2.45) is 0 Å². The molecule has 1 aromatic rings. The van der Waals surface area contributed by atoms with E-state index in [1.807, 2.05) is 45.0 Å². The van der Waals surface area contributed by atoms with Crippen molar-refractivity contribution in [3.8, 4) is 0 Å². The predicted octanol–water partition coefficient (Wildman–Crippen LogP) is 3.39. The Morgan fingerprint density at radius 1 is 1.23 bits per heavy atom. The molecule has 0 aromatic heterocycles. The topological polar surface area (TPSA) is 52.1 Å². The quantitative estimate of drug-likeness (QED) is 0.675. The van der Waals surface area contributed by atoms with Gasteiger partial charge in [-0.3, -0.25) is 4.79 Å². The highest BCUT2D eigenvalue weighted by Gasteiger charge is 1.95. The molecule has 0 aliphatic rings. The third kappa shape index (κ3) is 5.15. The maximum atomic E-state index is 10.8. The molecule has 0 spiro atoms. The number of Topliss-reactive ketones (excluding diaryl/α,β-unsaturated/α-hetero) is 1. The SMILES string of the molecule is CC.CC(=O)c1cccc(C)c1.N. The second kappa shape index (κ2) is 7.50. The Balaban J connectivity index is 0. The van der Waals surface area contributed by atoms with Crippen LogP contribution < -0.4 is 6.15 Å². The molecule has 2 heteroatoms. The average Bonchev–Trinajstić information content (AvgIpc) is 2.08. The Labute approximate surface area is 80.6 Å². The van der Waals surface area contributed by atoms with Crippen molar-refractivity contribution in [1.29, 1.82) is 0 Å². The van der Waals surface area contributed by atoms with Gasteiger partial charge in [0.2, 0.25) is 0 Å². The minimum Gasteiger partial charge on any atom is -0.344 e. The fourth-order valence-electron chi connectivity index (χ4n) is 0.864. The molecule has 1 rings (SSSR count). The van der Waals surface area contributed by atoms with Crippen LogP contribution in [-0.4, -0.2) is 5.78 Å². The van der Waals surface area contributed by atoms with Crippen LogP contribution in [0.15, 0.2) is 24.3 Å². The van der Waals surface area contributed by atoms with Gasteiger partial charge in [0.1, 0.15) is 0 Å². The van der Waals surface area contributed by atoms with E-state index < -0.39 is 0 Å². The van der Waals surface area contributed by atoms with E-state index in [-0.39, 0.29) is 11.9 Å². The van der Waals surface area contributed by atoms with Gasteiger partial charge >= 0.3 is 0 Å². The van der Waals surface area contributed by atoms with E-state index in [9.17, 15) is 4.79 Å². The second-order valence-electron chi connectivity index (χ2n) is 2.43. The van der Waals surface area contributed by atoms with Gasteiger partial charge in [-0.15, -0.1) is 0 Å². The first-order valence-electron chi connectivity index (χ1n) is 4.28. The molecule has 0 fully saturated rings. The summed E-state index contributed by atoms with van der Waals surface area (Å²) >= 11 is 0. The van der Waals surface area contributed by atoms with Crippen LogP contribution in [-0.2, 0) is 0 Å². The van der Waals surface area contributed by atoms with Gasteiger partial charge in [-0.25, -0.2) is 0 Å². The molecule has 0 amide bonds. The summed E-state index contributed by atoms with van der Waals surface area (Å²) in [6, 6.07) is 7.59. The van der Waals surface area contributed by atoms with Gasteiger partial charge in [-0.05, 0) is 19.9 Å². The largest absolute Gasteiger partial charge is 0.344 e.